The minimum absolute atomic E-state index is 0.238. The fraction of sp³-hybridized carbons (Fsp3) is 0.529. The zero-order valence-electron chi connectivity index (χ0n) is 13.6. The van der Waals surface area contributed by atoms with E-state index in [0.29, 0.717) is 12.4 Å². The lowest BCUT2D eigenvalue weighted by atomic mass is 10.1. The predicted octanol–water partition coefficient (Wildman–Crippen LogP) is 1.63. The normalized spacial score (nSPS) is 18.2. The highest BCUT2D eigenvalue weighted by Crippen LogP contribution is 2.17. The van der Waals surface area contributed by atoms with Crippen molar-refractivity contribution in [3.8, 4) is 11.5 Å². The third kappa shape index (κ3) is 3.96. The molecule has 1 aromatic carbocycles. The van der Waals surface area contributed by atoms with Crippen molar-refractivity contribution in [3.05, 3.63) is 36.2 Å². The number of hydrogen-bond acceptors (Lipinski definition) is 6. The van der Waals surface area contributed by atoms with Crippen molar-refractivity contribution in [2.75, 3.05) is 32.8 Å². The number of nitrogens with zero attached hydrogens (tertiary/aromatic N) is 4. The molecule has 3 rings (SSSR count). The van der Waals surface area contributed by atoms with E-state index in [1.165, 1.54) is 0 Å². The van der Waals surface area contributed by atoms with Crippen LogP contribution in [-0.2, 0) is 6.54 Å². The first-order valence-electron chi connectivity index (χ1n) is 8.25. The topological polar surface area (TPSA) is 65.6 Å². The van der Waals surface area contributed by atoms with Gasteiger partial charge in [0, 0.05) is 37.8 Å². The summed E-state index contributed by atoms with van der Waals surface area (Å²) < 4.78 is 5.36. The summed E-state index contributed by atoms with van der Waals surface area (Å²) in [5.74, 6) is 1.30. The van der Waals surface area contributed by atoms with Gasteiger partial charge in [0.15, 0.2) is 5.82 Å². The lowest BCUT2D eigenvalue weighted by molar-refractivity contribution is 0.0596. The van der Waals surface area contributed by atoms with Crippen LogP contribution in [0.3, 0.4) is 0 Å². The summed E-state index contributed by atoms with van der Waals surface area (Å²) in [7, 11) is 0. The van der Waals surface area contributed by atoms with E-state index in [9.17, 15) is 5.11 Å². The Bertz CT molecular complexity index is 590. The Labute approximate surface area is 136 Å². The maximum Gasteiger partial charge on any atom is 0.257 e. The van der Waals surface area contributed by atoms with Gasteiger partial charge < -0.3 is 9.63 Å². The molecule has 1 N–H and O–H groups in total. The quantitative estimate of drug-likeness (QED) is 0.874. The summed E-state index contributed by atoms with van der Waals surface area (Å²) in [6, 6.07) is 10.1. The number of rotatable bonds is 6. The molecule has 0 spiro atoms. The molecule has 0 radical (unpaired) electrons. The highest BCUT2D eigenvalue weighted by Gasteiger charge is 2.23. The fourth-order valence-corrected chi connectivity index (χ4v) is 3.01. The van der Waals surface area contributed by atoms with Crippen LogP contribution in [0, 0.1) is 0 Å². The summed E-state index contributed by atoms with van der Waals surface area (Å²) >= 11 is 0. The van der Waals surface area contributed by atoms with Crippen molar-refractivity contribution < 1.29 is 9.63 Å². The fourth-order valence-electron chi connectivity index (χ4n) is 3.01. The van der Waals surface area contributed by atoms with Crippen molar-refractivity contribution in [3.63, 3.8) is 0 Å². The second-order valence-corrected chi connectivity index (χ2v) is 5.94. The van der Waals surface area contributed by atoms with Crippen molar-refractivity contribution >= 4 is 0 Å². The number of piperazine rings is 1. The number of aliphatic hydroxyl groups is 1. The zero-order chi connectivity index (χ0) is 16.1. The SMILES string of the molecule is CCC(CO)N1CCN(Cc2noc(-c3ccccc3)n2)CC1. The van der Waals surface area contributed by atoms with Gasteiger partial charge in [-0.1, -0.05) is 30.3 Å². The largest absolute Gasteiger partial charge is 0.395 e. The lowest BCUT2D eigenvalue weighted by Gasteiger charge is -2.37. The predicted molar refractivity (Wildman–Crippen MR) is 87.7 cm³/mol. The van der Waals surface area contributed by atoms with Gasteiger partial charge in [-0.3, -0.25) is 9.80 Å². The first kappa shape index (κ1) is 16.1. The molecule has 1 aromatic heterocycles. The molecule has 0 amide bonds. The van der Waals surface area contributed by atoms with Gasteiger partial charge in [0.2, 0.25) is 0 Å². The van der Waals surface area contributed by atoms with Crippen molar-refractivity contribution in [1.82, 2.24) is 19.9 Å². The van der Waals surface area contributed by atoms with E-state index >= 15 is 0 Å². The maximum absolute atomic E-state index is 9.40. The Morgan fingerprint density at radius 1 is 1.17 bits per heavy atom. The van der Waals surface area contributed by atoms with E-state index < -0.39 is 0 Å². The van der Waals surface area contributed by atoms with Crippen LogP contribution in [0.5, 0.6) is 0 Å². The van der Waals surface area contributed by atoms with E-state index in [2.05, 4.69) is 26.9 Å². The molecule has 1 aliphatic heterocycles. The molecule has 0 bridgehead atoms. The Morgan fingerprint density at radius 2 is 1.91 bits per heavy atom. The van der Waals surface area contributed by atoms with Crippen LogP contribution < -0.4 is 0 Å². The van der Waals surface area contributed by atoms with Gasteiger partial charge in [-0.15, -0.1) is 0 Å². The maximum atomic E-state index is 9.40. The van der Waals surface area contributed by atoms with Crippen LogP contribution in [0.15, 0.2) is 34.9 Å². The molecule has 1 saturated heterocycles. The summed E-state index contributed by atoms with van der Waals surface area (Å²) in [6.07, 6.45) is 0.988. The van der Waals surface area contributed by atoms with Gasteiger partial charge >= 0.3 is 0 Å². The van der Waals surface area contributed by atoms with Gasteiger partial charge in [-0.2, -0.15) is 4.98 Å². The smallest absolute Gasteiger partial charge is 0.257 e. The summed E-state index contributed by atoms with van der Waals surface area (Å²) in [6.45, 7) is 6.95. The summed E-state index contributed by atoms with van der Waals surface area (Å²) in [4.78, 5) is 9.18. The molecule has 2 heterocycles. The highest BCUT2D eigenvalue weighted by atomic mass is 16.5. The van der Waals surface area contributed by atoms with Gasteiger partial charge in [0.05, 0.1) is 13.2 Å². The number of benzene rings is 1. The zero-order valence-corrected chi connectivity index (χ0v) is 13.6. The molecule has 1 fully saturated rings. The second-order valence-electron chi connectivity index (χ2n) is 5.94. The van der Waals surface area contributed by atoms with Gasteiger partial charge in [0.1, 0.15) is 0 Å². The minimum atomic E-state index is 0.238. The molecule has 0 aliphatic carbocycles. The molecule has 23 heavy (non-hydrogen) atoms. The standard InChI is InChI=1S/C17H24N4O2/c1-2-15(13-22)21-10-8-20(9-11-21)12-16-18-17(23-19-16)14-6-4-3-5-7-14/h3-7,15,22H,2,8-13H2,1H3. The average Bonchev–Trinajstić information content (AvgIpc) is 3.07. The molecule has 6 heteroatoms. The van der Waals surface area contributed by atoms with E-state index in [-0.39, 0.29) is 12.6 Å². The number of hydrogen-bond donors (Lipinski definition) is 1. The average molecular weight is 316 g/mol. The van der Waals surface area contributed by atoms with Crippen molar-refractivity contribution in [2.45, 2.75) is 25.9 Å². The third-order valence-electron chi connectivity index (χ3n) is 4.46. The summed E-state index contributed by atoms with van der Waals surface area (Å²) in [5.41, 5.74) is 0.949. The Balaban J connectivity index is 1.54. The number of aliphatic hydroxyl groups excluding tert-OH is 1. The lowest BCUT2D eigenvalue weighted by Crippen LogP contribution is -2.50. The van der Waals surface area contributed by atoms with Crippen molar-refractivity contribution in [2.24, 2.45) is 0 Å². The number of aromatic nitrogens is 2. The van der Waals surface area contributed by atoms with Gasteiger partial charge in [0.25, 0.3) is 5.89 Å². The minimum Gasteiger partial charge on any atom is -0.395 e. The van der Waals surface area contributed by atoms with E-state index in [0.717, 1.165) is 44.0 Å². The van der Waals surface area contributed by atoms with Gasteiger partial charge in [-0.25, -0.2) is 0 Å². The van der Waals surface area contributed by atoms with Crippen LogP contribution in [0.4, 0.5) is 0 Å². The van der Waals surface area contributed by atoms with Crippen LogP contribution in [-0.4, -0.2) is 63.9 Å². The first-order valence-corrected chi connectivity index (χ1v) is 8.25. The molecule has 1 atom stereocenters. The summed E-state index contributed by atoms with van der Waals surface area (Å²) in [5, 5.41) is 13.5. The van der Waals surface area contributed by atoms with Gasteiger partial charge in [-0.05, 0) is 18.6 Å². The molecular weight excluding hydrogens is 292 g/mol. The second kappa shape index (κ2) is 7.68. The molecule has 1 unspecified atom stereocenters. The first-order chi connectivity index (χ1) is 11.3. The molecule has 6 nitrogen and oxygen atoms in total. The third-order valence-corrected chi connectivity index (χ3v) is 4.46. The van der Waals surface area contributed by atoms with Crippen LogP contribution >= 0.6 is 0 Å². The monoisotopic (exact) mass is 316 g/mol. The van der Waals surface area contributed by atoms with Crippen molar-refractivity contribution in [1.29, 1.82) is 0 Å². The Morgan fingerprint density at radius 3 is 2.57 bits per heavy atom. The van der Waals surface area contributed by atoms with Crippen LogP contribution in [0.1, 0.15) is 19.2 Å². The van der Waals surface area contributed by atoms with E-state index in [1.807, 2.05) is 30.3 Å². The molecule has 124 valence electrons. The van der Waals surface area contributed by atoms with E-state index in [1.54, 1.807) is 0 Å². The molecule has 0 saturated carbocycles. The highest BCUT2D eigenvalue weighted by molar-refractivity contribution is 5.51. The Hall–Kier alpha value is -1.76. The Kier molecular flexibility index (Phi) is 5.38. The molecule has 1 aliphatic rings. The van der Waals surface area contributed by atoms with E-state index in [4.69, 9.17) is 4.52 Å². The van der Waals surface area contributed by atoms with Crippen LogP contribution in [0.2, 0.25) is 0 Å². The molecule has 2 aromatic rings. The van der Waals surface area contributed by atoms with Crippen LogP contribution in [0.25, 0.3) is 11.5 Å². The molecular formula is C17H24N4O2.